The fraction of sp³-hybridized carbons (Fsp3) is 0.569. The molecule has 0 aromatic rings. The molecule has 0 saturated carbocycles. The second kappa shape index (κ2) is 40.2. The van der Waals surface area contributed by atoms with E-state index in [1.807, 2.05) is 18.2 Å². The molecule has 1 aliphatic rings. The Labute approximate surface area is 367 Å². The van der Waals surface area contributed by atoms with Gasteiger partial charge in [-0.1, -0.05) is 148 Å². The zero-order chi connectivity index (χ0) is 44.4. The van der Waals surface area contributed by atoms with Crippen LogP contribution < -0.4 is 0 Å². The van der Waals surface area contributed by atoms with Crippen molar-refractivity contribution >= 4 is 11.9 Å². The van der Waals surface area contributed by atoms with Crippen molar-refractivity contribution in [3.63, 3.8) is 0 Å². The van der Waals surface area contributed by atoms with E-state index in [0.717, 1.165) is 64.2 Å². The van der Waals surface area contributed by atoms with Crippen LogP contribution >= 0.6 is 0 Å². The first-order chi connectivity index (χ1) is 29.8. The Bertz CT molecular complexity index is 1400. The average molecular weight is 851 g/mol. The molecule has 1 heterocycles. The predicted molar refractivity (Wildman–Crippen MR) is 246 cm³/mol. The van der Waals surface area contributed by atoms with Crippen LogP contribution in [0.1, 0.15) is 129 Å². The number of rotatable bonds is 35. The lowest BCUT2D eigenvalue weighted by atomic mass is 9.99. The van der Waals surface area contributed by atoms with Crippen molar-refractivity contribution in [3.8, 4) is 0 Å². The van der Waals surface area contributed by atoms with E-state index in [1.54, 1.807) is 0 Å². The highest BCUT2D eigenvalue weighted by atomic mass is 16.7. The van der Waals surface area contributed by atoms with Crippen molar-refractivity contribution in [2.45, 2.75) is 166 Å². The zero-order valence-electron chi connectivity index (χ0n) is 37.1. The third kappa shape index (κ3) is 31.6. The van der Waals surface area contributed by atoms with Crippen molar-refractivity contribution in [3.05, 3.63) is 122 Å². The molecule has 0 aromatic carbocycles. The molecular formula is C51H78O10. The lowest BCUT2D eigenvalue weighted by Crippen LogP contribution is -2.59. The molecule has 0 radical (unpaired) electrons. The molecule has 1 fully saturated rings. The van der Waals surface area contributed by atoms with Gasteiger partial charge in [-0.05, 0) is 89.9 Å². The van der Waals surface area contributed by atoms with Gasteiger partial charge >= 0.3 is 11.9 Å². The molecule has 10 nitrogen and oxygen atoms in total. The Morgan fingerprint density at radius 3 is 1.46 bits per heavy atom. The van der Waals surface area contributed by atoms with Gasteiger partial charge in [0.1, 0.15) is 31.0 Å². The summed E-state index contributed by atoms with van der Waals surface area (Å²) in [5.74, 6) is -0.985. The third-order valence-electron chi connectivity index (χ3n) is 9.34. The van der Waals surface area contributed by atoms with E-state index in [0.29, 0.717) is 19.3 Å². The Kier molecular flexibility index (Phi) is 36.3. The van der Waals surface area contributed by atoms with E-state index in [4.69, 9.17) is 18.9 Å². The maximum atomic E-state index is 12.7. The van der Waals surface area contributed by atoms with Gasteiger partial charge in [-0.15, -0.1) is 0 Å². The van der Waals surface area contributed by atoms with Crippen LogP contribution in [0.3, 0.4) is 0 Å². The maximum absolute atomic E-state index is 12.7. The molecule has 2 unspecified atom stereocenters. The largest absolute Gasteiger partial charge is 0.462 e. The number of carbonyl (C=O) groups is 2. The number of hydrogen-bond donors (Lipinski definition) is 4. The minimum absolute atomic E-state index is 0.0851. The summed E-state index contributed by atoms with van der Waals surface area (Å²) < 4.78 is 22.0. The minimum atomic E-state index is -1.62. The lowest BCUT2D eigenvalue weighted by Gasteiger charge is -2.39. The van der Waals surface area contributed by atoms with E-state index < -0.39 is 55.4 Å². The zero-order valence-corrected chi connectivity index (χ0v) is 37.1. The summed E-state index contributed by atoms with van der Waals surface area (Å²) in [6, 6.07) is 0. The van der Waals surface area contributed by atoms with E-state index >= 15 is 0 Å². The van der Waals surface area contributed by atoms with Crippen LogP contribution in [-0.2, 0) is 28.5 Å². The molecule has 61 heavy (non-hydrogen) atoms. The van der Waals surface area contributed by atoms with Gasteiger partial charge in [-0.2, -0.15) is 0 Å². The molecular weight excluding hydrogens is 773 g/mol. The number of unbranched alkanes of at least 4 members (excludes halogenated alkanes) is 4. The SMILES string of the molecule is CC/C=C/C/C=C/C/C=C/C/C=C/C/C=C/C/C=C/CCC(=O)O[C@H](COC(=O)CCC/C=C/C/C=C/C/C=C/C/C=C/CCCCC)CO[C@@H]1O[C@H](CO)[C@H](O)C(O)C1O. The first kappa shape index (κ1) is 55.1. The first-order valence-electron chi connectivity index (χ1n) is 22.6. The maximum Gasteiger partial charge on any atom is 0.306 e. The topological polar surface area (TPSA) is 152 Å². The van der Waals surface area contributed by atoms with Gasteiger partial charge in [0.25, 0.3) is 0 Å². The average Bonchev–Trinajstić information content (AvgIpc) is 3.26. The van der Waals surface area contributed by atoms with Crippen molar-refractivity contribution in [1.82, 2.24) is 0 Å². The van der Waals surface area contributed by atoms with Crippen LogP contribution in [0.2, 0.25) is 0 Å². The minimum Gasteiger partial charge on any atom is -0.462 e. The van der Waals surface area contributed by atoms with Crippen LogP contribution in [0.15, 0.2) is 122 Å². The molecule has 0 bridgehead atoms. The summed E-state index contributed by atoms with van der Waals surface area (Å²) in [5.41, 5.74) is 0. The molecule has 1 saturated heterocycles. The predicted octanol–water partition coefficient (Wildman–Crippen LogP) is 9.88. The number of esters is 2. The Morgan fingerprint density at radius 2 is 0.984 bits per heavy atom. The quantitative estimate of drug-likeness (QED) is 0.0276. The third-order valence-corrected chi connectivity index (χ3v) is 9.34. The highest BCUT2D eigenvalue weighted by Crippen LogP contribution is 2.22. The summed E-state index contributed by atoms with van der Waals surface area (Å²) in [7, 11) is 0. The Morgan fingerprint density at radius 1 is 0.525 bits per heavy atom. The fourth-order valence-corrected chi connectivity index (χ4v) is 5.79. The Balaban J connectivity index is 2.45. The first-order valence-corrected chi connectivity index (χ1v) is 22.6. The molecule has 0 aliphatic carbocycles. The standard InChI is InChI=1S/C51H78O10/c1-3-5-7-9-11-13-15-17-19-21-22-24-26-28-30-32-34-36-38-40-47(54)60-44(43-59-51-50(57)49(56)48(55)45(41-52)61-51)42-58-46(53)39-37-35-33-31-29-27-25-23-20-18-16-14-12-10-8-6-4-2/h5,7,11-14,17-20,22,24-25,27-28,30-31,33-34,36,44-45,48-52,55-57H,3-4,6,8-10,15-16,21,23,26,29,32,35,37-43H2,1-2H3/b7-5+,13-11+,14-12+,19-17+,20-18+,24-22+,27-25+,30-28+,33-31+,36-34+/t44-,45-,48+,49?,50?,51-/m1/s1. The fourth-order valence-electron chi connectivity index (χ4n) is 5.79. The van der Waals surface area contributed by atoms with Gasteiger partial charge in [-0.25, -0.2) is 0 Å². The van der Waals surface area contributed by atoms with Gasteiger partial charge < -0.3 is 39.4 Å². The monoisotopic (exact) mass is 851 g/mol. The van der Waals surface area contributed by atoms with E-state index in [1.165, 1.54) is 19.3 Å². The van der Waals surface area contributed by atoms with Crippen LogP contribution in [0.4, 0.5) is 0 Å². The highest BCUT2D eigenvalue weighted by molar-refractivity contribution is 5.70. The number of carbonyl (C=O) groups excluding carboxylic acids is 2. The van der Waals surface area contributed by atoms with Gasteiger partial charge in [-0.3, -0.25) is 9.59 Å². The molecule has 1 aliphatic heterocycles. The van der Waals surface area contributed by atoms with Gasteiger partial charge in [0.15, 0.2) is 12.4 Å². The van der Waals surface area contributed by atoms with Crippen LogP contribution in [0.25, 0.3) is 0 Å². The molecule has 342 valence electrons. The number of allylic oxidation sites excluding steroid dienone is 20. The van der Waals surface area contributed by atoms with Gasteiger partial charge in [0.05, 0.1) is 13.2 Å². The Hall–Kier alpha value is -3.90. The van der Waals surface area contributed by atoms with E-state index in [2.05, 4.69) is 117 Å². The van der Waals surface area contributed by atoms with Crippen LogP contribution in [0.5, 0.6) is 0 Å². The molecule has 4 N–H and O–H groups in total. The summed E-state index contributed by atoms with van der Waals surface area (Å²) in [4.78, 5) is 25.3. The highest BCUT2D eigenvalue weighted by Gasteiger charge is 2.44. The summed E-state index contributed by atoms with van der Waals surface area (Å²) in [5, 5.41) is 40.1. The number of aliphatic hydroxyl groups is 4. The second-order valence-electron chi connectivity index (χ2n) is 14.8. The number of aliphatic hydroxyl groups excluding tert-OH is 4. The summed E-state index contributed by atoms with van der Waals surface area (Å²) in [6.07, 6.45) is 49.3. The molecule has 6 atom stereocenters. The van der Waals surface area contributed by atoms with Crippen molar-refractivity contribution in [2.24, 2.45) is 0 Å². The van der Waals surface area contributed by atoms with Crippen LogP contribution in [0, 0.1) is 0 Å². The summed E-state index contributed by atoms with van der Waals surface area (Å²) in [6.45, 7) is 3.12. The molecule has 10 heteroatoms. The normalized spacial score (nSPS) is 20.9. The molecule has 1 rings (SSSR count). The smallest absolute Gasteiger partial charge is 0.306 e. The van der Waals surface area contributed by atoms with Crippen LogP contribution in [-0.4, -0.2) is 89.0 Å². The van der Waals surface area contributed by atoms with Crippen molar-refractivity contribution < 1.29 is 49.0 Å². The summed E-state index contributed by atoms with van der Waals surface area (Å²) >= 11 is 0. The molecule has 0 amide bonds. The van der Waals surface area contributed by atoms with E-state index in [-0.39, 0.29) is 26.1 Å². The van der Waals surface area contributed by atoms with Crippen molar-refractivity contribution in [2.75, 3.05) is 19.8 Å². The van der Waals surface area contributed by atoms with Gasteiger partial charge in [0.2, 0.25) is 0 Å². The van der Waals surface area contributed by atoms with E-state index in [9.17, 15) is 30.0 Å². The second-order valence-corrected chi connectivity index (χ2v) is 14.8. The number of hydrogen-bond acceptors (Lipinski definition) is 10. The van der Waals surface area contributed by atoms with Gasteiger partial charge in [0, 0.05) is 12.8 Å². The molecule has 0 aromatic heterocycles. The lowest BCUT2D eigenvalue weighted by molar-refractivity contribution is -0.305. The number of ether oxygens (including phenoxy) is 4. The van der Waals surface area contributed by atoms with Crippen molar-refractivity contribution in [1.29, 1.82) is 0 Å². The molecule has 0 spiro atoms.